The molecular weight excluding hydrogens is 517 g/mol. The monoisotopic (exact) mass is 557 g/mol. The van der Waals surface area contributed by atoms with Crippen LogP contribution in [0.15, 0.2) is 28.7 Å². The lowest BCUT2D eigenvalue weighted by Crippen LogP contribution is -2.50. The molecule has 1 aromatic carbocycles. The van der Waals surface area contributed by atoms with Gasteiger partial charge in [0.2, 0.25) is 17.6 Å². The van der Waals surface area contributed by atoms with Crippen LogP contribution in [0.5, 0.6) is 0 Å². The molecule has 2 aromatic rings. The van der Waals surface area contributed by atoms with Crippen molar-refractivity contribution in [2.45, 2.75) is 76.0 Å². The number of furan rings is 1. The van der Waals surface area contributed by atoms with Crippen molar-refractivity contribution >= 4 is 34.4 Å². The number of fused-ring (bicyclic) bond motifs is 1. The third kappa shape index (κ3) is 5.88. The zero-order valence-corrected chi connectivity index (χ0v) is 23.0. The average molecular weight is 558 g/mol. The van der Waals surface area contributed by atoms with E-state index in [0.717, 1.165) is 44.9 Å². The number of halogens is 1. The third-order valence-electron chi connectivity index (χ3n) is 9.55. The molecule has 2 amide bonds. The maximum Gasteiger partial charge on any atom is 0.371 e. The number of carboxylic acid groups (broad SMARTS) is 1. The minimum Gasteiger partial charge on any atom is -0.475 e. The Labute approximate surface area is 233 Å². The van der Waals surface area contributed by atoms with Crippen LogP contribution in [0.25, 0.3) is 11.0 Å². The molecule has 3 atom stereocenters. The number of carboxylic acids is 1. The summed E-state index contributed by atoms with van der Waals surface area (Å²) < 4.78 is 24.0. The van der Waals surface area contributed by atoms with Gasteiger partial charge >= 0.3 is 5.97 Å². The average Bonchev–Trinajstić information content (AvgIpc) is 3.61. The number of benzene rings is 1. The molecule has 40 heavy (non-hydrogen) atoms. The molecule has 3 aliphatic rings. The van der Waals surface area contributed by atoms with Crippen LogP contribution < -0.4 is 11.1 Å². The van der Waals surface area contributed by atoms with E-state index in [4.69, 9.17) is 14.9 Å². The molecule has 5 rings (SSSR count). The fraction of sp³-hybridized carbons (Fsp3) is 0.633. The Morgan fingerprint density at radius 3 is 2.48 bits per heavy atom. The summed E-state index contributed by atoms with van der Waals surface area (Å²) in [5, 5.41) is 12.8. The summed E-state index contributed by atoms with van der Waals surface area (Å²) in [7, 11) is 1.74. The highest BCUT2D eigenvalue weighted by atomic mass is 19.1. The van der Waals surface area contributed by atoms with E-state index in [9.17, 15) is 23.9 Å². The summed E-state index contributed by atoms with van der Waals surface area (Å²) in [6.45, 7) is -0.00860. The number of nitrogens with one attached hydrogen (secondary N) is 1. The molecule has 2 heterocycles. The third-order valence-corrected chi connectivity index (χ3v) is 9.55. The van der Waals surface area contributed by atoms with Crippen molar-refractivity contribution in [3.8, 4) is 0 Å². The summed E-state index contributed by atoms with van der Waals surface area (Å²) >= 11 is 0. The molecule has 3 fully saturated rings. The maximum absolute atomic E-state index is 13.9. The van der Waals surface area contributed by atoms with Crippen molar-refractivity contribution in [1.29, 1.82) is 0 Å². The molecule has 1 aliphatic heterocycles. The van der Waals surface area contributed by atoms with Gasteiger partial charge in [-0.15, -0.1) is 0 Å². The number of alkyl halides is 1. The summed E-state index contributed by atoms with van der Waals surface area (Å²) in [5.74, 6) is -1.25. The lowest BCUT2D eigenvalue weighted by Gasteiger charge is -2.37. The molecule has 2 saturated carbocycles. The summed E-state index contributed by atoms with van der Waals surface area (Å²) in [6.07, 6.45) is 7.59. The highest BCUT2D eigenvalue weighted by Crippen LogP contribution is 2.42. The molecular formula is C30H40FN3O6. The van der Waals surface area contributed by atoms with Crippen LogP contribution in [0.4, 0.5) is 10.1 Å². The van der Waals surface area contributed by atoms with E-state index in [1.54, 1.807) is 30.2 Å². The van der Waals surface area contributed by atoms with Crippen molar-refractivity contribution in [3.63, 3.8) is 0 Å². The molecule has 9 nitrogen and oxygen atoms in total. The van der Waals surface area contributed by atoms with Crippen LogP contribution in [-0.2, 0) is 14.3 Å². The van der Waals surface area contributed by atoms with E-state index in [1.807, 2.05) is 0 Å². The Morgan fingerprint density at radius 1 is 1.10 bits per heavy atom. The van der Waals surface area contributed by atoms with Crippen LogP contribution in [0.1, 0.15) is 68.3 Å². The molecule has 4 N–H and O–H groups in total. The Kier molecular flexibility index (Phi) is 8.75. The lowest BCUT2D eigenvalue weighted by atomic mass is 9.75. The maximum atomic E-state index is 13.9. The number of nitrogens with zero attached hydrogens (tertiary/aromatic N) is 1. The van der Waals surface area contributed by atoms with E-state index in [0.29, 0.717) is 42.0 Å². The number of rotatable bonds is 8. The molecule has 1 saturated heterocycles. The first kappa shape index (κ1) is 28.5. The van der Waals surface area contributed by atoms with Gasteiger partial charge in [0.25, 0.3) is 0 Å². The molecule has 1 aromatic heterocycles. The van der Waals surface area contributed by atoms with Crippen LogP contribution in [-0.4, -0.2) is 66.3 Å². The first-order chi connectivity index (χ1) is 19.3. The van der Waals surface area contributed by atoms with Crippen LogP contribution >= 0.6 is 0 Å². The molecule has 0 radical (unpaired) electrons. The first-order valence-corrected chi connectivity index (χ1v) is 14.5. The molecule has 1 unspecified atom stereocenters. The highest BCUT2D eigenvalue weighted by molar-refractivity contribution is 6.00. The minimum atomic E-state index is -1.16. The van der Waals surface area contributed by atoms with E-state index >= 15 is 0 Å². The van der Waals surface area contributed by atoms with Gasteiger partial charge in [0.05, 0.1) is 6.10 Å². The van der Waals surface area contributed by atoms with Gasteiger partial charge in [-0.2, -0.15) is 0 Å². The van der Waals surface area contributed by atoms with Gasteiger partial charge in [0.1, 0.15) is 18.3 Å². The number of methoxy groups -OCH3 is 1. The Balaban J connectivity index is 1.34. The van der Waals surface area contributed by atoms with Gasteiger partial charge in [-0.05, 0) is 99.8 Å². The topological polar surface area (TPSA) is 135 Å². The number of hydrogen-bond donors (Lipinski definition) is 3. The summed E-state index contributed by atoms with van der Waals surface area (Å²) in [4.78, 5) is 40.8. The SMILES string of the molecule is COC1CCC([C@@H]2CCN(C(=O)[C@H]3CC[C@H](C(N)CF)CC3)[C@@H]2C(=O)Nc2ccc3oc(C(=O)O)cc3c2)CC1. The number of likely N-dealkylation sites (tertiary alicyclic amines) is 1. The van der Waals surface area contributed by atoms with Gasteiger partial charge in [0, 0.05) is 36.7 Å². The van der Waals surface area contributed by atoms with Gasteiger partial charge in [0.15, 0.2) is 0 Å². The van der Waals surface area contributed by atoms with Gasteiger partial charge < -0.3 is 30.2 Å². The van der Waals surface area contributed by atoms with Crippen molar-refractivity contribution in [2.75, 3.05) is 25.6 Å². The molecule has 0 bridgehead atoms. The largest absolute Gasteiger partial charge is 0.475 e. The van der Waals surface area contributed by atoms with Crippen molar-refractivity contribution in [2.24, 2.45) is 29.4 Å². The predicted octanol–water partition coefficient (Wildman–Crippen LogP) is 4.60. The number of aromatic carboxylic acids is 1. The quantitative estimate of drug-likeness (QED) is 0.432. The number of carbonyl (C=O) groups is 3. The number of nitrogens with two attached hydrogens (primary N) is 1. The highest BCUT2D eigenvalue weighted by Gasteiger charge is 2.47. The Bertz CT molecular complexity index is 1220. The van der Waals surface area contributed by atoms with Gasteiger partial charge in [-0.3, -0.25) is 9.59 Å². The first-order valence-electron chi connectivity index (χ1n) is 14.5. The predicted molar refractivity (Wildman–Crippen MR) is 148 cm³/mol. The minimum absolute atomic E-state index is 0.0110. The molecule has 2 aliphatic carbocycles. The van der Waals surface area contributed by atoms with E-state index in [-0.39, 0.29) is 41.4 Å². The zero-order valence-electron chi connectivity index (χ0n) is 23.0. The smallest absolute Gasteiger partial charge is 0.371 e. The number of anilines is 1. The van der Waals surface area contributed by atoms with Gasteiger partial charge in [-0.1, -0.05) is 0 Å². The fourth-order valence-corrected chi connectivity index (χ4v) is 7.24. The van der Waals surface area contributed by atoms with Crippen LogP contribution in [0.2, 0.25) is 0 Å². The lowest BCUT2D eigenvalue weighted by molar-refractivity contribution is -0.142. The fourth-order valence-electron chi connectivity index (χ4n) is 7.24. The Hall–Kier alpha value is -2.98. The molecule has 218 valence electrons. The molecule has 10 heteroatoms. The summed E-state index contributed by atoms with van der Waals surface area (Å²) in [6, 6.07) is 5.38. The number of amides is 2. The van der Waals surface area contributed by atoms with Crippen molar-refractivity contribution < 1.29 is 33.0 Å². The second kappa shape index (κ2) is 12.3. The molecule has 0 spiro atoms. The van der Waals surface area contributed by atoms with E-state index in [1.165, 1.54) is 6.07 Å². The van der Waals surface area contributed by atoms with E-state index < -0.39 is 24.7 Å². The van der Waals surface area contributed by atoms with Crippen LogP contribution in [0, 0.1) is 23.7 Å². The standard InChI is InChI=1S/C30H40FN3O6/c1-39-22-9-6-17(7-10-22)23-12-13-34(29(36)19-4-2-18(3-5-19)24(32)16-31)27(23)28(35)33-21-8-11-25-20(14-21)15-26(40-25)30(37)38/h8,11,14-15,17-19,22-24,27H,2-7,9-10,12-13,16,32H2,1H3,(H,33,35)(H,37,38)/t17?,18-,19-,22?,23-,24?,27-/m0/s1. The van der Waals surface area contributed by atoms with E-state index in [2.05, 4.69) is 5.32 Å². The van der Waals surface area contributed by atoms with Crippen molar-refractivity contribution in [3.05, 3.63) is 30.0 Å². The normalized spacial score (nSPS) is 29.8. The Morgan fingerprint density at radius 2 is 1.82 bits per heavy atom. The van der Waals surface area contributed by atoms with Crippen LogP contribution in [0.3, 0.4) is 0 Å². The number of hydrogen-bond acceptors (Lipinski definition) is 6. The number of ether oxygens (including phenoxy) is 1. The van der Waals surface area contributed by atoms with Crippen molar-refractivity contribution in [1.82, 2.24) is 4.90 Å². The van der Waals surface area contributed by atoms with Gasteiger partial charge in [-0.25, -0.2) is 9.18 Å². The number of carbonyl (C=O) groups excluding carboxylic acids is 2. The second-order valence-corrected chi connectivity index (χ2v) is 11.8. The zero-order chi connectivity index (χ0) is 28.4. The summed E-state index contributed by atoms with van der Waals surface area (Å²) in [5.41, 5.74) is 6.88. The second-order valence-electron chi connectivity index (χ2n) is 11.8.